The van der Waals surface area contributed by atoms with Crippen molar-refractivity contribution in [1.82, 2.24) is 9.80 Å². The molecule has 1 heterocycles. The van der Waals surface area contributed by atoms with E-state index in [1.165, 1.54) is 0 Å². The van der Waals surface area contributed by atoms with Crippen molar-refractivity contribution in [2.75, 3.05) is 26.2 Å². The maximum atomic E-state index is 12.1. The Morgan fingerprint density at radius 2 is 2.17 bits per heavy atom. The van der Waals surface area contributed by atoms with E-state index in [1.807, 2.05) is 4.90 Å². The molecule has 0 spiro atoms. The number of likely N-dealkylation sites (N-methyl/N-ethyl adjacent to an activating group) is 1. The van der Waals surface area contributed by atoms with Crippen LogP contribution in [0.3, 0.4) is 0 Å². The number of carbonyl (C=O) groups is 1. The quantitative estimate of drug-likeness (QED) is 0.783. The highest BCUT2D eigenvalue weighted by molar-refractivity contribution is 5.77. The Morgan fingerprint density at radius 1 is 1.50 bits per heavy atom. The fraction of sp³-hybridized carbons (Fsp3) is 0.929. The Balaban J connectivity index is 2.36. The monoisotopic (exact) mass is 256 g/mol. The van der Waals surface area contributed by atoms with Gasteiger partial charge in [-0.05, 0) is 40.2 Å². The molecule has 106 valence electrons. The van der Waals surface area contributed by atoms with Gasteiger partial charge in [-0.25, -0.2) is 0 Å². The Morgan fingerprint density at radius 3 is 2.61 bits per heavy atom. The standard InChI is InChI=1S/C14H28N2O2/c1-5-15(11-14(3,4)18)10-8-13(17)16-9-6-7-12(16)2/h12,18H,5-11H2,1-4H3. The SMILES string of the molecule is CCN(CCC(=O)N1CCCC1C)CC(C)(C)O. The van der Waals surface area contributed by atoms with Crippen LogP contribution in [0.4, 0.5) is 0 Å². The van der Waals surface area contributed by atoms with Gasteiger partial charge in [-0.1, -0.05) is 6.92 Å². The second-order valence-electron chi connectivity index (χ2n) is 6.01. The van der Waals surface area contributed by atoms with Gasteiger partial charge < -0.3 is 14.9 Å². The molecule has 0 saturated carbocycles. The average Bonchev–Trinajstić information content (AvgIpc) is 2.68. The van der Waals surface area contributed by atoms with Gasteiger partial charge in [-0.15, -0.1) is 0 Å². The lowest BCUT2D eigenvalue weighted by molar-refractivity contribution is -0.132. The van der Waals surface area contributed by atoms with Gasteiger partial charge in [0, 0.05) is 32.1 Å². The summed E-state index contributed by atoms with van der Waals surface area (Å²) in [5, 5.41) is 9.80. The van der Waals surface area contributed by atoms with Crippen molar-refractivity contribution < 1.29 is 9.90 Å². The third-order valence-corrected chi connectivity index (χ3v) is 3.57. The van der Waals surface area contributed by atoms with Crippen LogP contribution in [0.1, 0.15) is 47.0 Å². The smallest absolute Gasteiger partial charge is 0.224 e. The van der Waals surface area contributed by atoms with Crippen LogP contribution in [0.2, 0.25) is 0 Å². The molecule has 1 amide bonds. The molecule has 1 N–H and O–H groups in total. The number of hydrogen-bond acceptors (Lipinski definition) is 3. The minimum atomic E-state index is -0.694. The molecule has 18 heavy (non-hydrogen) atoms. The van der Waals surface area contributed by atoms with Crippen LogP contribution in [0, 0.1) is 0 Å². The first-order valence-corrected chi connectivity index (χ1v) is 7.07. The highest BCUT2D eigenvalue weighted by Crippen LogP contribution is 2.17. The van der Waals surface area contributed by atoms with E-state index in [0.717, 1.165) is 32.5 Å². The van der Waals surface area contributed by atoms with Gasteiger partial charge in [0.25, 0.3) is 0 Å². The zero-order valence-electron chi connectivity index (χ0n) is 12.3. The first-order chi connectivity index (χ1) is 8.33. The van der Waals surface area contributed by atoms with Crippen LogP contribution in [-0.4, -0.2) is 58.6 Å². The topological polar surface area (TPSA) is 43.8 Å². The van der Waals surface area contributed by atoms with Crippen LogP contribution < -0.4 is 0 Å². The van der Waals surface area contributed by atoms with Gasteiger partial charge in [0.2, 0.25) is 5.91 Å². The maximum absolute atomic E-state index is 12.1. The molecule has 0 aromatic heterocycles. The molecule has 0 aromatic rings. The van der Waals surface area contributed by atoms with E-state index in [0.29, 0.717) is 19.0 Å². The van der Waals surface area contributed by atoms with Crippen molar-refractivity contribution in [2.45, 2.75) is 58.6 Å². The minimum absolute atomic E-state index is 0.259. The fourth-order valence-electron chi connectivity index (χ4n) is 2.60. The summed E-state index contributed by atoms with van der Waals surface area (Å²) in [6.07, 6.45) is 2.83. The second kappa shape index (κ2) is 6.53. The van der Waals surface area contributed by atoms with Gasteiger partial charge in [-0.2, -0.15) is 0 Å². The molecule has 1 rings (SSSR count). The third-order valence-electron chi connectivity index (χ3n) is 3.57. The van der Waals surface area contributed by atoms with Gasteiger partial charge in [0.05, 0.1) is 5.60 Å². The van der Waals surface area contributed by atoms with Crippen LogP contribution >= 0.6 is 0 Å². The first kappa shape index (κ1) is 15.4. The largest absolute Gasteiger partial charge is 0.389 e. The summed E-state index contributed by atoms with van der Waals surface area (Å²) in [6.45, 7) is 10.9. The lowest BCUT2D eigenvalue weighted by atomic mass is 10.1. The first-order valence-electron chi connectivity index (χ1n) is 7.07. The lowest BCUT2D eigenvalue weighted by Gasteiger charge is -2.29. The number of rotatable bonds is 6. The van der Waals surface area contributed by atoms with Crippen LogP contribution in [0.5, 0.6) is 0 Å². The Labute approximate surface area is 111 Å². The number of hydrogen-bond donors (Lipinski definition) is 1. The molecule has 0 bridgehead atoms. The van der Waals surface area contributed by atoms with Gasteiger partial charge in [0.1, 0.15) is 0 Å². The number of aliphatic hydroxyl groups is 1. The Kier molecular flexibility index (Phi) is 5.60. The van der Waals surface area contributed by atoms with E-state index in [-0.39, 0.29) is 5.91 Å². The molecule has 1 saturated heterocycles. The van der Waals surface area contributed by atoms with Crippen molar-refractivity contribution >= 4 is 5.91 Å². The summed E-state index contributed by atoms with van der Waals surface area (Å²) < 4.78 is 0. The zero-order chi connectivity index (χ0) is 13.8. The number of carbonyl (C=O) groups excluding carboxylic acids is 1. The molecule has 4 heteroatoms. The van der Waals surface area contributed by atoms with E-state index in [1.54, 1.807) is 13.8 Å². The number of nitrogens with zero attached hydrogens (tertiary/aromatic N) is 2. The molecular weight excluding hydrogens is 228 g/mol. The summed E-state index contributed by atoms with van der Waals surface area (Å²) >= 11 is 0. The van der Waals surface area contributed by atoms with Crippen molar-refractivity contribution in [2.24, 2.45) is 0 Å². The van der Waals surface area contributed by atoms with E-state index in [4.69, 9.17) is 0 Å². The summed E-state index contributed by atoms with van der Waals surface area (Å²) in [5.41, 5.74) is -0.694. The van der Waals surface area contributed by atoms with Crippen molar-refractivity contribution in [1.29, 1.82) is 0 Å². The molecule has 1 aliphatic heterocycles. The normalized spacial score (nSPS) is 20.8. The highest BCUT2D eigenvalue weighted by atomic mass is 16.3. The Hall–Kier alpha value is -0.610. The maximum Gasteiger partial charge on any atom is 0.224 e. The van der Waals surface area contributed by atoms with Crippen LogP contribution in [0.25, 0.3) is 0 Å². The number of likely N-dealkylation sites (tertiary alicyclic amines) is 1. The average molecular weight is 256 g/mol. The Bertz CT molecular complexity index is 273. The molecular formula is C14H28N2O2. The molecule has 1 fully saturated rings. The lowest BCUT2D eigenvalue weighted by Crippen LogP contribution is -2.41. The molecule has 0 aliphatic carbocycles. The fourth-order valence-corrected chi connectivity index (χ4v) is 2.60. The van der Waals surface area contributed by atoms with Crippen molar-refractivity contribution in [3.8, 4) is 0 Å². The molecule has 4 nitrogen and oxygen atoms in total. The zero-order valence-corrected chi connectivity index (χ0v) is 12.3. The summed E-state index contributed by atoms with van der Waals surface area (Å²) in [6, 6.07) is 0.404. The molecule has 1 atom stereocenters. The third kappa shape index (κ3) is 4.94. The van der Waals surface area contributed by atoms with Crippen molar-refractivity contribution in [3.63, 3.8) is 0 Å². The molecule has 0 radical (unpaired) electrons. The van der Waals surface area contributed by atoms with E-state index < -0.39 is 5.60 Å². The summed E-state index contributed by atoms with van der Waals surface area (Å²) in [7, 11) is 0. The molecule has 1 aliphatic rings. The van der Waals surface area contributed by atoms with Gasteiger partial charge >= 0.3 is 0 Å². The second-order valence-corrected chi connectivity index (χ2v) is 6.01. The number of amides is 1. The van der Waals surface area contributed by atoms with E-state index in [2.05, 4.69) is 18.7 Å². The summed E-state index contributed by atoms with van der Waals surface area (Å²) in [4.78, 5) is 16.2. The highest BCUT2D eigenvalue weighted by Gasteiger charge is 2.25. The molecule has 1 unspecified atom stereocenters. The molecule has 0 aromatic carbocycles. The van der Waals surface area contributed by atoms with Gasteiger partial charge in [-0.3, -0.25) is 4.79 Å². The predicted molar refractivity (Wildman–Crippen MR) is 73.4 cm³/mol. The van der Waals surface area contributed by atoms with Gasteiger partial charge in [0.15, 0.2) is 0 Å². The van der Waals surface area contributed by atoms with E-state index >= 15 is 0 Å². The minimum Gasteiger partial charge on any atom is -0.389 e. The van der Waals surface area contributed by atoms with Crippen LogP contribution in [0.15, 0.2) is 0 Å². The summed E-state index contributed by atoms with van der Waals surface area (Å²) in [5.74, 6) is 0.259. The van der Waals surface area contributed by atoms with Crippen molar-refractivity contribution in [3.05, 3.63) is 0 Å². The van der Waals surface area contributed by atoms with E-state index in [9.17, 15) is 9.90 Å². The predicted octanol–water partition coefficient (Wildman–Crippen LogP) is 1.48. The van der Waals surface area contributed by atoms with Crippen LogP contribution in [-0.2, 0) is 4.79 Å².